The summed E-state index contributed by atoms with van der Waals surface area (Å²) < 4.78 is 29.8. The zero-order chi connectivity index (χ0) is 14.5. The number of hydrogen-bond donors (Lipinski definition) is 1. The molecule has 0 atom stereocenters. The van der Waals surface area contributed by atoms with E-state index in [-0.39, 0.29) is 5.75 Å². The molecule has 0 saturated carbocycles. The first kappa shape index (κ1) is 15.1. The number of ether oxygens (including phenoxy) is 1. The lowest BCUT2D eigenvalue weighted by Crippen LogP contribution is -2.07. The minimum Gasteiger partial charge on any atom is -0.431 e. The van der Waals surface area contributed by atoms with Crippen molar-refractivity contribution in [3.05, 3.63) is 57.5 Å². The molecule has 0 heterocycles. The van der Waals surface area contributed by atoms with E-state index in [1.165, 1.54) is 6.07 Å². The molecule has 2 aromatic carbocycles. The van der Waals surface area contributed by atoms with E-state index in [4.69, 9.17) is 11.6 Å². The summed E-state index contributed by atoms with van der Waals surface area (Å²) >= 11 is 9.10. The van der Waals surface area contributed by atoms with Gasteiger partial charge in [0.15, 0.2) is 5.75 Å². The van der Waals surface area contributed by atoms with Crippen molar-refractivity contribution in [2.75, 3.05) is 5.32 Å². The van der Waals surface area contributed by atoms with Crippen LogP contribution in [0, 0.1) is 0 Å². The molecule has 1 N–H and O–H groups in total. The summed E-state index contributed by atoms with van der Waals surface area (Å²) in [5, 5.41) is 3.47. The molecule has 0 fully saturated rings. The molecular formula is C14H11BrClF2NO. The molecule has 0 saturated heterocycles. The van der Waals surface area contributed by atoms with E-state index in [1.54, 1.807) is 6.07 Å². The maximum atomic E-state index is 12.4. The van der Waals surface area contributed by atoms with E-state index < -0.39 is 6.61 Å². The average molecular weight is 363 g/mol. The van der Waals surface area contributed by atoms with Crippen LogP contribution in [0.3, 0.4) is 0 Å². The third-order valence-electron chi connectivity index (χ3n) is 2.54. The Morgan fingerprint density at radius 2 is 1.90 bits per heavy atom. The van der Waals surface area contributed by atoms with E-state index >= 15 is 0 Å². The second-order valence-electron chi connectivity index (χ2n) is 3.98. The minimum absolute atomic E-state index is 0.0420. The molecule has 0 unspecified atom stereocenters. The summed E-state index contributed by atoms with van der Waals surface area (Å²) in [5.74, 6) is 0.0420. The third-order valence-corrected chi connectivity index (χ3v) is 3.35. The number of hydrogen-bond acceptors (Lipinski definition) is 2. The number of benzene rings is 2. The topological polar surface area (TPSA) is 21.3 Å². The lowest BCUT2D eigenvalue weighted by molar-refractivity contribution is -0.0498. The fourth-order valence-electron chi connectivity index (χ4n) is 1.69. The molecule has 0 aliphatic carbocycles. The summed E-state index contributed by atoms with van der Waals surface area (Å²) in [6, 6.07) is 12.6. The Labute approximate surface area is 128 Å². The van der Waals surface area contributed by atoms with E-state index in [2.05, 4.69) is 26.0 Å². The summed E-state index contributed by atoms with van der Waals surface area (Å²) in [7, 11) is 0. The van der Waals surface area contributed by atoms with E-state index in [9.17, 15) is 8.78 Å². The Morgan fingerprint density at radius 3 is 2.55 bits per heavy atom. The van der Waals surface area contributed by atoms with Crippen LogP contribution in [0.1, 0.15) is 5.56 Å². The lowest BCUT2D eigenvalue weighted by atomic mass is 10.2. The Hall–Kier alpha value is -1.33. The Bertz CT molecular complexity index is 581. The highest BCUT2D eigenvalue weighted by Crippen LogP contribution is 2.37. The quantitative estimate of drug-likeness (QED) is 0.777. The number of rotatable bonds is 5. The van der Waals surface area contributed by atoms with Gasteiger partial charge in [-0.3, -0.25) is 0 Å². The maximum Gasteiger partial charge on any atom is 0.387 e. The number of anilines is 1. The van der Waals surface area contributed by atoms with Gasteiger partial charge in [-0.15, -0.1) is 0 Å². The first-order chi connectivity index (χ1) is 9.56. The van der Waals surface area contributed by atoms with Gasteiger partial charge in [0.25, 0.3) is 0 Å². The molecule has 2 nitrogen and oxygen atoms in total. The summed E-state index contributed by atoms with van der Waals surface area (Å²) in [6.45, 7) is -2.42. The monoisotopic (exact) mass is 361 g/mol. The van der Waals surface area contributed by atoms with Crippen LogP contribution in [-0.2, 0) is 6.54 Å². The maximum absolute atomic E-state index is 12.4. The number of halogens is 4. The predicted octanol–water partition coefficient (Wildman–Crippen LogP) is 5.32. The SMILES string of the molecule is FC(F)Oc1c(Br)cc(Cl)cc1NCc1ccccc1. The van der Waals surface area contributed by atoms with Gasteiger partial charge in [-0.25, -0.2) is 0 Å². The van der Waals surface area contributed by atoms with Crippen LogP contribution in [-0.4, -0.2) is 6.61 Å². The van der Waals surface area contributed by atoms with Crippen molar-refractivity contribution in [3.8, 4) is 5.75 Å². The molecule has 0 aliphatic heterocycles. The smallest absolute Gasteiger partial charge is 0.387 e. The first-order valence-corrected chi connectivity index (χ1v) is 6.95. The van der Waals surface area contributed by atoms with Crippen molar-refractivity contribution < 1.29 is 13.5 Å². The van der Waals surface area contributed by atoms with Crippen molar-refractivity contribution in [3.63, 3.8) is 0 Å². The first-order valence-electron chi connectivity index (χ1n) is 5.78. The van der Waals surface area contributed by atoms with Crippen LogP contribution in [0.15, 0.2) is 46.9 Å². The number of alkyl halides is 2. The normalized spacial score (nSPS) is 10.7. The molecular weight excluding hydrogens is 352 g/mol. The number of nitrogens with one attached hydrogen (secondary N) is 1. The molecule has 20 heavy (non-hydrogen) atoms. The average Bonchev–Trinajstić information content (AvgIpc) is 2.40. The van der Waals surface area contributed by atoms with Gasteiger partial charge in [-0.1, -0.05) is 41.9 Å². The third kappa shape index (κ3) is 4.08. The van der Waals surface area contributed by atoms with Crippen LogP contribution in [0.2, 0.25) is 5.02 Å². The van der Waals surface area contributed by atoms with Crippen LogP contribution < -0.4 is 10.1 Å². The molecule has 0 aliphatic rings. The van der Waals surface area contributed by atoms with Crippen LogP contribution in [0.5, 0.6) is 5.75 Å². The second kappa shape index (κ2) is 6.90. The van der Waals surface area contributed by atoms with Crippen molar-refractivity contribution in [1.29, 1.82) is 0 Å². The highest BCUT2D eigenvalue weighted by atomic mass is 79.9. The predicted molar refractivity (Wildman–Crippen MR) is 79.6 cm³/mol. The van der Waals surface area contributed by atoms with Crippen molar-refractivity contribution in [1.82, 2.24) is 0 Å². The molecule has 2 aromatic rings. The molecule has 0 bridgehead atoms. The van der Waals surface area contributed by atoms with Gasteiger partial charge in [-0.05, 0) is 33.6 Å². The summed E-state index contributed by atoms with van der Waals surface area (Å²) in [6.07, 6.45) is 0. The van der Waals surface area contributed by atoms with Crippen molar-refractivity contribution in [2.45, 2.75) is 13.2 Å². The Morgan fingerprint density at radius 1 is 1.20 bits per heavy atom. The molecule has 0 radical (unpaired) electrons. The second-order valence-corrected chi connectivity index (χ2v) is 5.27. The zero-order valence-electron chi connectivity index (χ0n) is 10.2. The van der Waals surface area contributed by atoms with Gasteiger partial charge in [-0.2, -0.15) is 8.78 Å². The molecule has 0 amide bonds. The van der Waals surface area contributed by atoms with Crippen LogP contribution >= 0.6 is 27.5 Å². The van der Waals surface area contributed by atoms with Gasteiger partial charge in [0.1, 0.15) is 0 Å². The van der Waals surface area contributed by atoms with Crippen LogP contribution in [0.4, 0.5) is 14.5 Å². The molecule has 106 valence electrons. The van der Waals surface area contributed by atoms with E-state index in [0.29, 0.717) is 21.7 Å². The highest BCUT2D eigenvalue weighted by Gasteiger charge is 2.14. The standard InChI is InChI=1S/C14H11BrClF2NO/c15-11-6-10(16)7-12(13(11)20-14(17)18)19-8-9-4-2-1-3-5-9/h1-7,14,19H,8H2. The van der Waals surface area contributed by atoms with Gasteiger partial charge in [0, 0.05) is 11.6 Å². The molecule has 6 heteroatoms. The van der Waals surface area contributed by atoms with Gasteiger partial charge in [0.05, 0.1) is 10.2 Å². The summed E-state index contributed by atoms with van der Waals surface area (Å²) in [4.78, 5) is 0. The Balaban J connectivity index is 2.21. The molecule has 0 aromatic heterocycles. The fraction of sp³-hybridized carbons (Fsp3) is 0.143. The lowest BCUT2D eigenvalue weighted by Gasteiger charge is -2.15. The van der Waals surface area contributed by atoms with E-state index in [0.717, 1.165) is 5.56 Å². The van der Waals surface area contributed by atoms with E-state index in [1.807, 2.05) is 30.3 Å². The molecule has 0 spiro atoms. The van der Waals surface area contributed by atoms with Crippen molar-refractivity contribution >= 4 is 33.2 Å². The molecule has 2 rings (SSSR count). The van der Waals surface area contributed by atoms with Gasteiger partial charge < -0.3 is 10.1 Å². The van der Waals surface area contributed by atoms with Crippen molar-refractivity contribution in [2.24, 2.45) is 0 Å². The van der Waals surface area contributed by atoms with Gasteiger partial charge in [0.2, 0.25) is 0 Å². The van der Waals surface area contributed by atoms with Gasteiger partial charge >= 0.3 is 6.61 Å². The zero-order valence-corrected chi connectivity index (χ0v) is 12.6. The fourth-order valence-corrected chi connectivity index (χ4v) is 2.60. The minimum atomic E-state index is -2.90. The highest BCUT2D eigenvalue weighted by molar-refractivity contribution is 9.10. The summed E-state index contributed by atoms with van der Waals surface area (Å²) in [5.41, 5.74) is 1.43. The Kier molecular flexibility index (Phi) is 5.20. The van der Waals surface area contributed by atoms with Crippen LogP contribution in [0.25, 0.3) is 0 Å². The largest absolute Gasteiger partial charge is 0.431 e.